The van der Waals surface area contributed by atoms with E-state index >= 15 is 0 Å². The molecule has 18 heavy (non-hydrogen) atoms. The molecule has 1 aliphatic heterocycles. The highest BCUT2D eigenvalue weighted by Gasteiger charge is 2.33. The molecule has 1 aromatic rings. The van der Waals surface area contributed by atoms with E-state index in [1.165, 1.54) is 6.07 Å². The fourth-order valence-electron chi connectivity index (χ4n) is 2.46. The maximum atomic E-state index is 12.6. The van der Waals surface area contributed by atoms with Gasteiger partial charge in [-0.25, -0.2) is 0 Å². The van der Waals surface area contributed by atoms with E-state index in [1.807, 2.05) is 14.1 Å². The third-order valence-corrected chi connectivity index (χ3v) is 3.52. The topological polar surface area (TPSA) is 15.3 Å². The van der Waals surface area contributed by atoms with E-state index in [0.717, 1.165) is 30.3 Å². The number of likely N-dealkylation sites (N-methyl/N-ethyl adjacent to an activating group) is 1. The highest BCUT2D eigenvalue weighted by atomic mass is 19.4. The average Bonchev–Trinajstić information content (AvgIpc) is 2.62. The van der Waals surface area contributed by atoms with Crippen molar-refractivity contribution < 1.29 is 13.2 Å². The first-order chi connectivity index (χ1) is 8.43. The zero-order valence-corrected chi connectivity index (χ0v) is 10.5. The standard InChI is InChI=1S/C13H17F3N2/c1-17-6-5-11-8-9-7-10(13(14,15)16)3-4-12(9)18(11)2/h3-4,7,11,17H,5-6,8H2,1-2H3. The first kappa shape index (κ1) is 13.2. The van der Waals surface area contributed by atoms with Gasteiger partial charge in [0.1, 0.15) is 0 Å². The number of nitrogens with one attached hydrogen (secondary N) is 1. The maximum absolute atomic E-state index is 12.6. The van der Waals surface area contributed by atoms with Crippen LogP contribution in [0, 0.1) is 0 Å². The van der Waals surface area contributed by atoms with Crippen LogP contribution in [0.15, 0.2) is 18.2 Å². The summed E-state index contributed by atoms with van der Waals surface area (Å²) in [4.78, 5) is 2.08. The molecule has 0 radical (unpaired) electrons. The Balaban J connectivity index is 2.21. The predicted octanol–water partition coefficient (Wildman–Crippen LogP) is 2.68. The van der Waals surface area contributed by atoms with Crippen LogP contribution in [-0.4, -0.2) is 26.7 Å². The molecule has 0 spiro atoms. The normalized spacial score (nSPS) is 19.2. The Kier molecular flexibility index (Phi) is 3.52. The van der Waals surface area contributed by atoms with Crippen LogP contribution in [-0.2, 0) is 12.6 Å². The molecule has 0 amide bonds. The lowest BCUT2D eigenvalue weighted by atomic mass is 10.0. The van der Waals surface area contributed by atoms with Gasteiger partial charge in [-0.2, -0.15) is 13.2 Å². The number of halogens is 3. The number of hydrogen-bond donors (Lipinski definition) is 1. The zero-order chi connectivity index (χ0) is 13.3. The third-order valence-electron chi connectivity index (χ3n) is 3.52. The fourth-order valence-corrected chi connectivity index (χ4v) is 2.46. The van der Waals surface area contributed by atoms with E-state index in [2.05, 4.69) is 10.2 Å². The SMILES string of the molecule is CNCCC1Cc2cc(C(F)(F)F)ccc2N1C. The molecule has 1 aliphatic rings. The molecule has 1 unspecified atom stereocenters. The van der Waals surface area contributed by atoms with Crippen LogP contribution in [0.5, 0.6) is 0 Å². The van der Waals surface area contributed by atoms with Crippen LogP contribution in [0.2, 0.25) is 0 Å². The van der Waals surface area contributed by atoms with Crippen molar-refractivity contribution in [3.63, 3.8) is 0 Å². The van der Waals surface area contributed by atoms with Crippen molar-refractivity contribution in [1.82, 2.24) is 5.32 Å². The van der Waals surface area contributed by atoms with E-state index in [1.54, 1.807) is 6.07 Å². The predicted molar refractivity (Wildman–Crippen MR) is 65.9 cm³/mol. The summed E-state index contributed by atoms with van der Waals surface area (Å²) < 4.78 is 37.9. The minimum Gasteiger partial charge on any atom is -0.371 e. The zero-order valence-electron chi connectivity index (χ0n) is 10.5. The number of anilines is 1. The number of rotatable bonds is 3. The second-order valence-corrected chi connectivity index (χ2v) is 4.70. The number of alkyl halides is 3. The Bertz CT molecular complexity index is 429. The maximum Gasteiger partial charge on any atom is 0.416 e. The highest BCUT2D eigenvalue weighted by Crippen LogP contribution is 2.37. The van der Waals surface area contributed by atoms with Crippen LogP contribution in [0.4, 0.5) is 18.9 Å². The highest BCUT2D eigenvalue weighted by molar-refractivity contribution is 5.60. The van der Waals surface area contributed by atoms with Gasteiger partial charge in [-0.1, -0.05) is 0 Å². The van der Waals surface area contributed by atoms with Crippen molar-refractivity contribution in [2.24, 2.45) is 0 Å². The van der Waals surface area contributed by atoms with Gasteiger partial charge in [-0.15, -0.1) is 0 Å². The number of benzene rings is 1. The Morgan fingerprint density at radius 2 is 2.11 bits per heavy atom. The van der Waals surface area contributed by atoms with Crippen molar-refractivity contribution in [2.45, 2.75) is 25.1 Å². The largest absolute Gasteiger partial charge is 0.416 e. The van der Waals surface area contributed by atoms with Gasteiger partial charge in [0.05, 0.1) is 5.56 Å². The molecule has 2 nitrogen and oxygen atoms in total. The minimum absolute atomic E-state index is 0.288. The van der Waals surface area contributed by atoms with Gasteiger partial charge in [0.2, 0.25) is 0 Å². The molecule has 1 aromatic carbocycles. The van der Waals surface area contributed by atoms with Crippen LogP contribution in [0.25, 0.3) is 0 Å². The van der Waals surface area contributed by atoms with Gasteiger partial charge < -0.3 is 10.2 Å². The van der Waals surface area contributed by atoms with Gasteiger partial charge in [-0.3, -0.25) is 0 Å². The lowest BCUT2D eigenvalue weighted by molar-refractivity contribution is -0.137. The monoisotopic (exact) mass is 258 g/mol. The molecule has 0 fully saturated rings. The fraction of sp³-hybridized carbons (Fsp3) is 0.538. The van der Waals surface area contributed by atoms with Crippen LogP contribution in [0.3, 0.4) is 0 Å². The molecule has 100 valence electrons. The van der Waals surface area contributed by atoms with Crippen molar-refractivity contribution in [1.29, 1.82) is 0 Å². The van der Waals surface area contributed by atoms with Gasteiger partial charge in [0.15, 0.2) is 0 Å². The molecule has 0 aromatic heterocycles. The summed E-state index contributed by atoms with van der Waals surface area (Å²) in [6, 6.07) is 4.31. The molecule has 1 atom stereocenters. The molecule has 5 heteroatoms. The van der Waals surface area contributed by atoms with E-state index in [9.17, 15) is 13.2 Å². The summed E-state index contributed by atoms with van der Waals surface area (Å²) >= 11 is 0. The lowest BCUT2D eigenvalue weighted by Gasteiger charge is -2.22. The average molecular weight is 258 g/mol. The summed E-state index contributed by atoms with van der Waals surface area (Å²) in [7, 11) is 3.82. The van der Waals surface area contributed by atoms with E-state index in [0.29, 0.717) is 6.42 Å². The molecule has 0 saturated heterocycles. The minimum atomic E-state index is -4.25. The Morgan fingerprint density at radius 3 is 2.72 bits per heavy atom. The number of hydrogen-bond acceptors (Lipinski definition) is 2. The van der Waals surface area contributed by atoms with Gasteiger partial charge in [0.25, 0.3) is 0 Å². The van der Waals surface area contributed by atoms with E-state index in [-0.39, 0.29) is 6.04 Å². The van der Waals surface area contributed by atoms with E-state index < -0.39 is 11.7 Å². The lowest BCUT2D eigenvalue weighted by Crippen LogP contribution is -2.30. The molecule has 1 heterocycles. The molecule has 0 aliphatic carbocycles. The molecule has 0 saturated carbocycles. The van der Waals surface area contributed by atoms with Crippen molar-refractivity contribution >= 4 is 5.69 Å². The second kappa shape index (κ2) is 4.80. The van der Waals surface area contributed by atoms with Gasteiger partial charge in [0, 0.05) is 18.8 Å². The Hall–Kier alpha value is -1.23. The van der Waals surface area contributed by atoms with Crippen LogP contribution in [0.1, 0.15) is 17.5 Å². The van der Waals surface area contributed by atoms with Crippen LogP contribution >= 0.6 is 0 Å². The first-order valence-electron chi connectivity index (χ1n) is 6.01. The summed E-state index contributed by atoms with van der Waals surface area (Å²) in [5, 5.41) is 3.07. The molecular weight excluding hydrogens is 241 g/mol. The molecule has 2 rings (SSSR count). The van der Waals surface area contributed by atoms with Gasteiger partial charge in [-0.05, 0) is 50.2 Å². The van der Waals surface area contributed by atoms with Crippen molar-refractivity contribution in [3.8, 4) is 0 Å². The molecule has 0 bridgehead atoms. The number of nitrogens with zero attached hydrogens (tertiary/aromatic N) is 1. The summed E-state index contributed by atoms with van der Waals surface area (Å²) in [5.74, 6) is 0. The Labute approximate surface area is 105 Å². The van der Waals surface area contributed by atoms with Crippen molar-refractivity contribution in [2.75, 3.05) is 25.5 Å². The summed E-state index contributed by atoms with van der Waals surface area (Å²) in [6.07, 6.45) is -2.63. The molecule has 1 N–H and O–H groups in total. The summed E-state index contributed by atoms with van der Waals surface area (Å²) in [6.45, 7) is 0.870. The number of fused-ring (bicyclic) bond motifs is 1. The first-order valence-corrected chi connectivity index (χ1v) is 6.01. The van der Waals surface area contributed by atoms with E-state index in [4.69, 9.17) is 0 Å². The smallest absolute Gasteiger partial charge is 0.371 e. The quantitative estimate of drug-likeness (QED) is 0.896. The summed E-state index contributed by atoms with van der Waals surface area (Å²) in [5.41, 5.74) is 1.17. The second-order valence-electron chi connectivity index (χ2n) is 4.70. The van der Waals surface area contributed by atoms with Gasteiger partial charge >= 0.3 is 6.18 Å². The third kappa shape index (κ3) is 2.46. The van der Waals surface area contributed by atoms with Crippen LogP contribution < -0.4 is 10.2 Å². The molecular formula is C13H17F3N2. The Morgan fingerprint density at radius 1 is 1.39 bits per heavy atom. The van der Waals surface area contributed by atoms with Crippen molar-refractivity contribution in [3.05, 3.63) is 29.3 Å².